The van der Waals surface area contributed by atoms with Gasteiger partial charge in [-0.1, -0.05) is 18.2 Å². The predicted octanol–water partition coefficient (Wildman–Crippen LogP) is 0.956. The van der Waals surface area contributed by atoms with Crippen LogP contribution in [-0.4, -0.2) is 42.1 Å². The molecule has 0 aromatic rings. The lowest BCUT2D eigenvalue weighted by atomic mass is 10.1. The van der Waals surface area contributed by atoms with Crippen molar-refractivity contribution in [3.05, 3.63) is 30.2 Å². The fourth-order valence-corrected chi connectivity index (χ4v) is 4.07. The Kier molecular flexibility index (Phi) is 3.87. The number of carbonyl (C=O) groups is 1. The first-order chi connectivity index (χ1) is 8.50. The van der Waals surface area contributed by atoms with Crippen LogP contribution in [0.25, 0.3) is 0 Å². The number of aliphatic carboxylic acids is 1. The SMILES string of the molecule is O=C(O)C1CCCN1S(=O)(=O)CC1=CC[CH]C=C1. The highest BCUT2D eigenvalue weighted by atomic mass is 32.2. The minimum atomic E-state index is -3.53. The zero-order valence-electron chi connectivity index (χ0n) is 9.95. The first kappa shape index (κ1) is 13.3. The first-order valence-electron chi connectivity index (χ1n) is 5.92. The van der Waals surface area contributed by atoms with Crippen molar-refractivity contribution in [1.82, 2.24) is 4.31 Å². The van der Waals surface area contributed by atoms with Gasteiger partial charge < -0.3 is 5.11 Å². The molecule has 0 aromatic heterocycles. The predicted molar refractivity (Wildman–Crippen MR) is 67.3 cm³/mol. The van der Waals surface area contributed by atoms with Gasteiger partial charge in [0.1, 0.15) is 6.04 Å². The zero-order chi connectivity index (χ0) is 13.2. The number of sulfonamides is 1. The van der Waals surface area contributed by atoms with E-state index in [1.165, 1.54) is 0 Å². The summed E-state index contributed by atoms with van der Waals surface area (Å²) in [7, 11) is -3.53. The van der Waals surface area contributed by atoms with E-state index in [9.17, 15) is 13.2 Å². The van der Waals surface area contributed by atoms with Crippen LogP contribution in [0.5, 0.6) is 0 Å². The minimum Gasteiger partial charge on any atom is -0.480 e. The molecule has 99 valence electrons. The normalized spacial score (nSPS) is 25.1. The second-order valence-corrected chi connectivity index (χ2v) is 6.39. The number of carboxylic acids is 1. The minimum absolute atomic E-state index is 0.110. The van der Waals surface area contributed by atoms with Gasteiger partial charge in [-0.25, -0.2) is 8.42 Å². The lowest BCUT2D eigenvalue weighted by Crippen LogP contribution is -2.41. The van der Waals surface area contributed by atoms with Crippen molar-refractivity contribution in [3.8, 4) is 0 Å². The second-order valence-electron chi connectivity index (χ2n) is 4.47. The van der Waals surface area contributed by atoms with Crippen molar-refractivity contribution in [2.45, 2.75) is 25.3 Å². The molecule has 1 unspecified atom stereocenters. The van der Waals surface area contributed by atoms with Crippen molar-refractivity contribution < 1.29 is 18.3 Å². The summed E-state index contributed by atoms with van der Waals surface area (Å²) < 4.78 is 25.5. The summed E-state index contributed by atoms with van der Waals surface area (Å²) in [6.45, 7) is 0.308. The molecule has 1 aliphatic heterocycles. The molecule has 1 aliphatic carbocycles. The molecular formula is C12H16NO4S. The van der Waals surface area contributed by atoms with Gasteiger partial charge in [0.25, 0.3) is 0 Å². The fraction of sp³-hybridized carbons (Fsp3) is 0.500. The average Bonchev–Trinajstić information content (AvgIpc) is 2.79. The molecule has 1 atom stereocenters. The summed E-state index contributed by atoms with van der Waals surface area (Å²) in [4.78, 5) is 11.0. The summed E-state index contributed by atoms with van der Waals surface area (Å²) in [6.07, 6.45) is 9.10. The summed E-state index contributed by atoms with van der Waals surface area (Å²) in [5, 5.41) is 9.01. The van der Waals surface area contributed by atoms with Crippen molar-refractivity contribution in [1.29, 1.82) is 0 Å². The van der Waals surface area contributed by atoms with E-state index in [1.54, 1.807) is 6.08 Å². The lowest BCUT2D eigenvalue weighted by Gasteiger charge is -2.21. The third-order valence-corrected chi connectivity index (χ3v) is 5.01. The first-order valence-corrected chi connectivity index (χ1v) is 7.53. The van der Waals surface area contributed by atoms with Crippen molar-refractivity contribution in [2.75, 3.05) is 12.3 Å². The van der Waals surface area contributed by atoms with E-state index in [-0.39, 0.29) is 5.75 Å². The number of hydrogen-bond acceptors (Lipinski definition) is 3. The number of allylic oxidation sites excluding steroid dienone is 3. The highest BCUT2D eigenvalue weighted by molar-refractivity contribution is 7.89. The third kappa shape index (κ3) is 2.81. The Balaban J connectivity index is 2.13. The van der Waals surface area contributed by atoms with Crippen molar-refractivity contribution in [2.24, 2.45) is 0 Å². The molecule has 0 aromatic carbocycles. The van der Waals surface area contributed by atoms with E-state index in [0.29, 0.717) is 19.4 Å². The Morgan fingerprint density at radius 2 is 2.28 bits per heavy atom. The molecule has 1 heterocycles. The molecule has 2 aliphatic rings. The van der Waals surface area contributed by atoms with E-state index in [0.717, 1.165) is 16.3 Å². The second kappa shape index (κ2) is 5.24. The molecule has 1 radical (unpaired) electrons. The summed E-state index contributed by atoms with van der Waals surface area (Å²) in [5.74, 6) is -1.17. The quantitative estimate of drug-likeness (QED) is 0.825. The maximum atomic E-state index is 12.2. The standard InChI is InChI=1S/C12H16NO4S/c14-12(15)11-7-4-8-13(11)18(16,17)9-10-5-2-1-3-6-10/h1-2,5-6,11H,3-4,7-9H2,(H,14,15). The number of hydrogen-bond donors (Lipinski definition) is 1. The zero-order valence-corrected chi connectivity index (χ0v) is 10.8. The monoisotopic (exact) mass is 270 g/mol. The highest BCUT2D eigenvalue weighted by Gasteiger charge is 2.38. The van der Waals surface area contributed by atoms with Crippen molar-refractivity contribution in [3.63, 3.8) is 0 Å². The van der Waals surface area contributed by atoms with Gasteiger partial charge in [0.05, 0.1) is 5.75 Å². The van der Waals surface area contributed by atoms with Gasteiger partial charge >= 0.3 is 5.97 Å². The van der Waals surface area contributed by atoms with Crippen LogP contribution in [0.3, 0.4) is 0 Å². The van der Waals surface area contributed by atoms with Gasteiger partial charge in [0.2, 0.25) is 10.0 Å². The summed E-state index contributed by atoms with van der Waals surface area (Å²) in [6, 6.07) is -0.894. The molecule has 2 rings (SSSR count). The Morgan fingerprint density at radius 1 is 1.50 bits per heavy atom. The maximum Gasteiger partial charge on any atom is 0.322 e. The van der Waals surface area contributed by atoms with Gasteiger partial charge in [-0.15, -0.1) is 0 Å². The van der Waals surface area contributed by atoms with Crippen LogP contribution in [0.4, 0.5) is 0 Å². The van der Waals surface area contributed by atoms with Gasteiger partial charge in [0.15, 0.2) is 0 Å². The van der Waals surface area contributed by atoms with Crippen LogP contribution in [0.15, 0.2) is 23.8 Å². The molecule has 6 heteroatoms. The summed E-state index contributed by atoms with van der Waals surface area (Å²) in [5.41, 5.74) is 0.730. The highest BCUT2D eigenvalue weighted by Crippen LogP contribution is 2.23. The largest absolute Gasteiger partial charge is 0.480 e. The molecule has 5 nitrogen and oxygen atoms in total. The number of nitrogens with zero attached hydrogens (tertiary/aromatic N) is 1. The topological polar surface area (TPSA) is 74.7 Å². The maximum absolute atomic E-state index is 12.2. The Labute approximate surface area is 107 Å². The number of rotatable bonds is 4. The molecule has 18 heavy (non-hydrogen) atoms. The smallest absolute Gasteiger partial charge is 0.322 e. The van der Waals surface area contributed by atoms with E-state index in [2.05, 4.69) is 0 Å². The van der Waals surface area contributed by atoms with Crippen LogP contribution in [-0.2, 0) is 14.8 Å². The molecule has 1 N–H and O–H groups in total. The van der Waals surface area contributed by atoms with Crippen LogP contribution in [0.2, 0.25) is 0 Å². The average molecular weight is 270 g/mol. The van der Waals surface area contributed by atoms with Crippen molar-refractivity contribution >= 4 is 16.0 Å². The van der Waals surface area contributed by atoms with Crippen LogP contribution < -0.4 is 0 Å². The van der Waals surface area contributed by atoms with Crippen LogP contribution >= 0.6 is 0 Å². The summed E-state index contributed by atoms with van der Waals surface area (Å²) >= 11 is 0. The van der Waals surface area contributed by atoms with Gasteiger partial charge in [-0.05, 0) is 31.3 Å². The molecule has 0 saturated carbocycles. The van der Waals surface area contributed by atoms with Gasteiger partial charge in [-0.3, -0.25) is 4.79 Å². The van der Waals surface area contributed by atoms with Gasteiger partial charge in [0, 0.05) is 6.54 Å². The molecule has 0 bridgehead atoms. The molecule has 1 fully saturated rings. The molecule has 0 spiro atoms. The molecule has 0 amide bonds. The Bertz CT molecular complexity index is 492. The fourth-order valence-electron chi connectivity index (χ4n) is 2.28. The van der Waals surface area contributed by atoms with Crippen LogP contribution in [0.1, 0.15) is 19.3 Å². The third-order valence-electron chi connectivity index (χ3n) is 3.16. The van der Waals surface area contributed by atoms with Crippen LogP contribution in [0, 0.1) is 6.42 Å². The van der Waals surface area contributed by atoms with E-state index < -0.39 is 22.0 Å². The Morgan fingerprint density at radius 3 is 2.89 bits per heavy atom. The van der Waals surface area contributed by atoms with E-state index >= 15 is 0 Å². The van der Waals surface area contributed by atoms with E-state index in [4.69, 9.17) is 5.11 Å². The molecular weight excluding hydrogens is 254 g/mol. The molecule has 1 saturated heterocycles. The number of carboxylic acid groups (broad SMARTS) is 1. The van der Waals surface area contributed by atoms with E-state index in [1.807, 2.05) is 18.6 Å². The Hall–Kier alpha value is -1.14. The van der Waals surface area contributed by atoms with Gasteiger partial charge in [-0.2, -0.15) is 4.31 Å². The lowest BCUT2D eigenvalue weighted by molar-refractivity contribution is -0.140.